The SMILES string of the molecule is CC(C)N1CC(C)(C)NCC1CN(C)C. The van der Waals surface area contributed by atoms with Gasteiger partial charge >= 0.3 is 0 Å². The summed E-state index contributed by atoms with van der Waals surface area (Å²) in [5.74, 6) is 0. The molecule has 1 atom stereocenters. The molecule has 0 saturated carbocycles. The maximum Gasteiger partial charge on any atom is 0.0351 e. The van der Waals surface area contributed by atoms with Crippen molar-refractivity contribution < 1.29 is 0 Å². The Morgan fingerprint density at radius 1 is 1.40 bits per heavy atom. The van der Waals surface area contributed by atoms with E-state index in [2.05, 4.69) is 56.9 Å². The highest BCUT2D eigenvalue weighted by atomic mass is 15.3. The molecule has 0 bridgehead atoms. The minimum absolute atomic E-state index is 0.257. The van der Waals surface area contributed by atoms with Crippen molar-refractivity contribution in [2.45, 2.75) is 45.3 Å². The summed E-state index contributed by atoms with van der Waals surface area (Å²) < 4.78 is 0. The molecule has 1 rings (SSSR count). The second-order valence-electron chi connectivity index (χ2n) is 5.95. The second-order valence-corrected chi connectivity index (χ2v) is 5.95. The molecule has 0 amide bonds. The lowest BCUT2D eigenvalue weighted by Crippen LogP contribution is -2.65. The average molecular weight is 213 g/mol. The van der Waals surface area contributed by atoms with Gasteiger partial charge in [0.05, 0.1) is 0 Å². The lowest BCUT2D eigenvalue weighted by molar-refractivity contribution is 0.0532. The maximum atomic E-state index is 3.63. The standard InChI is InChI=1S/C12H27N3/c1-10(2)15-9-12(3,4)13-7-11(15)8-14(5)6/h10-11,13H,7-9H2,1-6H3. The van der Waals surface area contributed by atoms with Gasteiger partial charge in [0.2, 0.25) is 0 Å². The van der Waals surface area contributed by atoms with Crippen LogP contribution in [0.1, 0.15) is 27.7 Å². The van der Waals surface area contributed by atoms with Gasteiger partial charge in [-0.25, -0.2) is 0 Å². The molecule has 0 radical (unpaired) electrons. The lowest BCUT2D eigenvalue weighted by atomic mass is 9.97. The zero-order chi connectivity index (χ0) is 11.6. The first-order valence-electron chi connectivity index (χ1n) is 5.97. The van der Waals surface area contributed by atoms with E-state index in [0.717, 1.165) is 19.6 Å². The molecule has 3 nitrogen and oxygen atoms in total. The molecule has 1 aliphatic heterocycles. The van der Waals surface area contributed by atoms with Crippen molar-refractivity contribution in [1.82, 2.24) is 15.1 Å². The zero-order valence-electron chi connectivity index (χ0n) is 11.2. The van der Waals surface area contributed by atoms with E-state index in [9.17, 15) is 0 Å². The number of rotatable bonds is 3. The van der Waals surface area contributed by atoms with Crippen molar-refractivity contribution in [2.24, 2.45) is 0 Å². The summed E-state index contributed by atoms with van der Waals surface area (Å²) in [6, 6.07) is 1.28. The third-order valence-corrected chi connectivity index (χ3v) is 3.10. The van der Waals surface area contributed by atoms with Crippen LogP contribution in [0, 0.1) is 0 Å². The first-order chi connectivity index (χ1) is 6.82. The first-order valence-corrected chi connectivity index (χ1v) is 5.97. The van der Waals surface area contributed by atoms with Gasteiger partial charge in [0.15, 0.2) is 0 Å². The van der Waals surface area contributed by atoms with Crippen molar-refractivity contribution in [3.8, 4) is 0 Å². The van der Waals surface area contributed by atoms with Crippen molar-refractivity contribution >= 4 is 0 Å². The van der Waals surface area contributed by atoms with Gasteiger partial charge in [0.1, 0.15) is 0 Å². The van der Waals surface area contributed by atoms with Crippen LogP contribution in [0.5, 0.6) is 0 Å². The van der Waals surface area contributed by atoms with Gasteiger partial charge in [0, 0.05) is 37.3 Å². The molecule has 0 aromatic carbocycles. The van der Waals surface area contributed by atoms with Crippen LogP contribution < -0.4 is 5.32 Å². The Kier molecular flexibility index (Phi) is 4.15. The van der Waals surface area contributed by atoms with Crippen LogP contribution in [0.4, 0.5) is 0 Å². The van der Waals surface area contributed by atoms with Crippen LogP contribution in [-0.2, 0) is 0 Å². The molecule has 90 valence electrons. The molecular weight excluding hydrogens is 186 g/mol. The summed E-state index contributed by atoms with van der Waals surface area (Å²) in [4.78, 5) is 4.90. The van der Waals surface area contributed by atoms with Gasteiger partial charge in [-0.05, 0) is 41.8 Å². The third kappa shape index (κ3) is 3.74. The van der Waals surface area contributed by atoms with Crippen LogP contribution in [0.15, 0.2) is 0 Å². The molecule has 1 unspecified atom stereocenters. The van der Waals surface area contributed by atoms with Gasteiger partial charge in [0.25, 0.3) is 0 Å². The van der Waals surface area contributed by atoms with E-state index in [1.807, 2.05) is 0 Å². The fourth-order valence-corrected chi connectivity index (χ4v) is 2.35. The average Bonchev–Trinajstić information content (AvgIpc) is 2.07. The molecule has 1 fully saturated rings. The molecule has 1 N–H and O–H groups in total. The Balaban J connectivity index is 2.63. The maximum absolute atomic E-state index is 3.63. The van der Waals surface area contributed by atoms with Crippen LogP contribution in [0.2, 0.25) is 0 Å². The summed E-state index contributed by atoms with van der Waals surface area (Å²) in [6.45, 7) is 12.5. The smallest absolute Gasteiger partial charge is 0.0351 e. The molecule has 0 aliphatic carbocycles. The van der Waals surface area contributed by atoms with Gasteiger partial charge in [-0.1, -0.05) is 0 Å². The predicted octanol–water partition coefficient (Wildman–Crippen LogP) is 1.01. The van der Waals surface area contributed by atoms with Crippen LogP contribution >= 0.6 is 0 Å². The Morgan fingerprint density at radius 2 is 2.00 bits per heavy atom. The summed E-state index contributed by atoms with van der Waals surface area (Å²) >= 11 is 0. The van der Waals surface area contributed by atoms with E-state index in [4.69, 9.17) is 0 Å². The molecule has 15 heavy (non-hydrogen) atoms. The summed E-state index contributed by atoms with van der Waals surface area (Å²) in [6.07, 6.45) is 0. The molecule has 0 aromatic heterocycles. The Hall–Kier alpha value is -0.120. The molecule has 0 aromatic rings. The number of nitrogens with one attached hydrogen (secondary N) is 1. The van der Waals surface area contributed by atoms with Gasteiger partial charge in [-0.15, -0.1) is 0 Å². The number of piperazine rings is 1. The van der Waals surface area contributed by atoms with E-state index in [1.165, 1.54) is 0 Å². The zero-order valence-corrected chi connectivity index (χ0v) is 11.2. The quantitative estimate of drug-likeness (QED) is 0.755. The molecular formula is C12H27N3. The fourth-order valence-electron chi connectivity index (χ4n) is 2.35. The Bertz CT molecular complexity index is 199. The molecule has 1 heterocycles. The van der Waals surface area contributed by atoms with Crippen molar-refractivity contribution in [2.75, 3.05) is 33.7 Å². The highest BCUT2D eigenvalue weighted by Crippen LogP contribution is 2.18. The molecule has 3 heteroatoms. The van der Waals surface area contributed by atoms with Gasteiger partial charge in [-0.2, -0.15) is 0 Å². The van der Waals surface area contributed by atoms with E-state index in [0.29, 0.717) is 12.1 Å². The van der Waals surface area contributed by atoms with Crippen molar-refractivity contribution in [1.29, 1.82) is 0 Å². The highest BCUT2D eigenvalue weighted by Gasteiger charge is 2.33. The minimum Gasteiger partial charge on any atom is -0.309 e. The monoisotopic (exact) mass is 213 g/mol. The first kappa shape index (κ1) is 12.9. The summed E-state index contributed by atoms with van der Waals surface area (Å²) in [7, 11) is 4.30. The highest BCUT2D eigenvalue weighted by molar-refractivity contribution is 4.94. The molecule has 0 spiro atoms. The molecule has 1 saturated heterocycles. The number of likely N-dealkylation sites (N-methyl/N-ethyl adjacent to an activating group) is 1. The van der Waals surface area contributed by atoms with E-state index in [1.54, 1.807) is 0 Å². The summed E-state index contributed by atoms with van der Waals surface area (Å²) in [5.41, 5.74) is 0.257. The predicted molar refractivity (Wildman–Crippen MR) is 66.3 cm³/mol. The van der Waals surface area contributed by atoms with E-state index in [-0.39, 0.29) is 5.54 Å². The second kappa shape index (κ2) is 4.81. The fraction of sp³-hybridized carbons (Fsp3) is 1.00. The third-order valence-electron chi connectivity index (χ3n) is 3.10. The van der Waals surface area contributed by atoms with Crippen molar-refractivity contribution in [3.63, 3.8) is 0 Å². The van der Waals surface area contributed by atoms with Crippen LogP contribution in [0.3, 0.4) is 0 Å². The number of nitrogens with zero attached hydrogens (tertiary/aromatic N) is 2. The van der Waals surface area contributed by atoms with Gasteiger partial charge in [-0.3, -0.25) is 4.90 Å². The van der Waals surface area contributed by atoms with E-state index < -0.39 is 0 Å². The molecule has 1 aliphatic rings. The largest absolute Gasteiger partial charge is 0.309 e. The Morgan fingerprint density at radius 3 is 2.47 bits per heavy atom. The number of hydrogen-bond donors (Lipinski definition) is 1. The van der Waals surface area contributed by atoms with Crippen LogP contribution in [-0.4, -0.2) is 61.2 Å². The summed E-state index contributed by atoms with van der Waals surface area (Å²) in [5, 5.41) is 3.63. The van der Waals surface area contributed by atoms with E-state index >= 15 is 0 Å². The van der Waals surface area contributed by atoms with Gasteiger partial charge < -0.3 is 10.2 Å². The van der Waals surface area contributed by atoms with Crippen LogP contribution in [0.25, 0.3) is 0 Å². The topological polar surface area (TPSA) is 18.5 Å². The Labute approximate surface area is 94.8 Å². The van der Waals surface area contributed by atoms with Crippen molar-refractivity contribution in [3.05, 3.63) is 0 Å². The number of hydrogen-bond acceptors (Lipinski definition) is 3. The normalized spacial score (nSPS) is 27.6. The lowest BCUT2D eigenvalue weighted by Gasteiger charge is -2.47. The minimum atomic E-state index is 0.257.